The lowest BCUT2D eigenvalue weighted by atomic mass is 9.89. The Labute approximate surface area is 195 Å². The normalized spacial score (nSPS) is 13.9. The predicted molar refractivity (Wildman–Crippen MR) is 150 cm³/mol. The molecule has 0 saturated carbocycles. The van der Waals surface area contributed by atoms with Crippen LogP contribution in [0.1, 0.15) is 22.3 Å². The van der Waals surface area contributed by atoms with E-state index in [0.717, 1.165) is 0 Å². The van der Waals surface area contributed by atoms with E-state index in [1.54, 1.807) is 0 Å². The fraction of sp³-hybridized carbons (Fsp3) is 0.118. The molecule has 0 heterocycles. The largest absolute Gasteiger partial charge is 0.0534 e. The third-order valence-electron chi connectivity index (χ3n) is 9.46. The van der Waals surface area contributed by atoms with E-state index in [2.05, 4.69) is 76.2 Å². The summed E-state index contributed by atoms with van der Waals surface area (Å²) in [6.07, 6.45) is 0. The average molecular weight is 429 g/mol. The maximum Gasteiger partial charge on any atom is -0.0000477 e. The van der Waals surface area contributed by atoms with E-state index in [0.29, 0.717) is 0 Å². The van der Waals surface area contributed by atoms with Crippen molar-refractivity contribution in [3.05, 3.63) is 70.8 Å². The van der Waals surface area contributed by atoms with E-state index in [-0.39, 0.29) is 0 Å². The minimum absolute atomic E-state index is 1.39. The van der Waals surface area contributed by atoms with Crippen LogP contribution in [0.15, 0.2) is 48.5 Å². The Morgan fingerprint density at radius 2 is 0.471 bits per heavy atom. The SMILES string of the molecule is Cc1cc2c3cc(C)c4ccc5c(C)cc6c7cc(C)c8ccc1c1c8c7c(c21)c1c3c4c5c61. The minimum Gasteiger partial charge on any atom is -0.0534 e. The standard InChI is InChI=1S/C34H20/c1-13-9-21-22-10-14(2)19-7-8-20-16(4)12-24-23-11-15(3)18-6-5-17(13)25-26(18)31(23)33(29(21)25)34-30(22)27(19)28(20)32(24)34/h5-12H,1-4H3. The quantitative estimate of drug-likeness (QED) is 0.211. The zero-order valence-electron chi connectivity index (χ0n) is 19.6. The van der Waals surface area contributed by atoms with Crippen LogP contribution in [-0.4, -0.2) is 0 Å². The summed E-state index contributed by atoms with van der Waals surface area (Å²) in [6, 6.07) is 19.4. The first-order valence-corrected chi connectivity index (χ1v) is 12.4. The number of benzene rings is 8. The van der Waals surface area contributed by atoms with Gasteiger partial charge < -0.3 is 0 Å². The highest BCUT2D eigenvalue weighted by molar-refractivity contribution is 6.58. The molecule has 10 aromatic rings. The molecule has 10 rings (SSSR count). The molecule has 0 N–H and O–H groups in total. The third kappa shape index (κ3) is 1.38. The molecule has 156 valence electrons. The summed E-state index contributed by atoms with van der Waals surface area (Å²) < 4.78 is 0. The monoisotopic (exact) mass is 428 g/mol. The van der Waals surface area contributed by atoms with Gasteiger partial charge in [-0.3, -0.25) is 0 Å². The van der Waals surface area contributed by atoms with Crippen molar-refractivity contribution in [2.75, 3.05) is 0 Å². The highest BCUT2D eigenvalue weighted by Gasteiger charge is 2.30. The van der Waals surface area contributed by atoms with Gasteiger partial charge >= 0.3 is 0 Å². The Kier molecular flexibility index (Phi) is 2.29. The molecule has 0 nitrogen and oxygen atoms in total. The van der Waals surface area contributed by atoms with Crippen LogP contribution in [-0.2, 0) is 0 Å². The highest BCUT2D eigenvalue weighted by Crippen LogP contribution is 2.59. The molecule has 0 aliphatic heterocycles. The Hall–Kier alpha value is -3.90. The van der Waals surface area contributed by atoms with Crippen LogP contribution in [0.4, 0.5) is 0 Å². The average Bonchev–Trinajstić information content (AvgIpc) is 3.36. The molecule has 0 aromatic heterocycles. The van der Waals surface area contributed by atoms with Crippen molar-refractivity contribution in [2.45, 2.75) is 27.7 Å². The molecular weight excluding hydrogens is 408 g/mol. The summed E-state index contributed by atoms with van der Waals surface area (Å²) >= 11 is 0. The predicted octanol–water partition coefficient (Wildman–Crippen LogP) is 9.93. The molecule has 0 aliphatic carbocycles. The van der Waals surface area contributed by atoms with Crippen molar-refractivity contribution in [2.24, 2.45) is 0 Å². The molecular formula is C34H20. The molecule has 0 heteroatoms. The molecule has 0 atom stereocenters. The Balaban J connectivity index is 1.82. The van der Waals surface area contributed by atoms with Gasteiger partial charge in [0.2, 0.25) is 0 Å². The molecule has 0 unspecified atom stereocenters. The summed E-state index contributed by atoms with van der Waals surface area (Å²) in [4.78, 5) is 0. The smallest absolute Gasteiger partial charge is 0.0000477 e. The number of aryl methyl sites for hydroxylation is 4. The van der Waals surface area contributed by atoms with Gasteiger partial charge in [0.05, 0.1) is 0 Å². The minimum atomic E-state index is 1.39. The zero-order chi connectivity index (χ0) is 22.4. The van der Waals surface area contributed by atoms with Gasteiger partial charge in [-0.1, -0.05) is 48.5 Å². The molecule has 0 spiro atoms. The maximum atomic E-state index is 2.48. The van der Waals surface area contributed by atoms with E-state index in [9.17, 15) is 0 Å². The van der Waals surface area contributed by atoms with Crippen molar-refractivity contribution in [1.82, 2.24) is 0 Å². The van der Waals surface area contributed by atoms with Crippen molar-refractivity contribution in [3.8, 4) is 0 Å². The van der Waals surface area contributed by atoms with Gasteiger partial charge in [0, 0.05) is 0 Å². The van der Waals surface area contributed by atoms with Crippen molar-refractivity contribution < 1.29 is 0 Å². The van der Waals surface area contributed by atoms with Gasteiger partial charge in [0.25, 0.3) is 0 Å². The molecule has 0 bridgehead atoms. The van der Waals surface area contributed by atoms with Gasteiger partial charge in [-0.25, -0.2) is 0 Å². The van der Waals surface area contributed by atoms with Crippen LogP contribution < -0.4 is 0 Å². The van der Waals surface area contributed by atoms with Gasteiger partial charge in [-0.15, -0.1) is 0 Å². The van der Waals surface area contributed by atoms with Crippen LogP contribution in [0.5, 0.6) is 0 Å². The maximum absolute atomic E-state index is 2.48. The van der Waals surface area contributed by atoms with Crippen LogP contribution in [0.25, 0.3) is 97.0 Å². The number of hydrogen-bond donors (Lipinski definition) is 0. The van der Waals surface area contributed by atoms with Gasteiger partial charge in [-0.05, 0) is 147 Å². The second-order valence-corrected chi connectivity index (χ2v) is 11.0. The van der Waals surface area contributed by atoms with E-state index in [1.807, 2.05) is 0 Å². The van der Waals surface area contributed by atoms with Crippen molar-refractivity contribution in [1.29, 1.82) is 0 Å². The number of rotatable bonds is 0. The highest BCUT2D eigenvalue weighted by atomic mass is 14.3. The van der Waals surface area contributed by atoms with E-state index < -0.39 is 0 Å². The fourth-order valence-electron chi connectivity index (χ4n) is 8.20. The number of hydrogen-bond acceptors (Lipinski definition) is 0. The lowest BCUT2D eigenvalue weighted by molar-refractivity contribution is 1.54. The van der Waals surface area contributed by atoms with Crippen LogP contribution in [0.2, 0.25) is 0 Å². The molecule has 0 saturated heterocycles. The van der Waals surface area contributed by atoms with Crippen LogP contribution >= 0.6 is 0 Å². The molecule has 10 aromatic carbocycles. The lowest BCUT2D eigenvalue weighted by Gasteiger charge is -2.13. The molecule has 0 radical (unpaired) electrons. The topological polar surface area (TPSA) is 0 Å². The Bertz CT molecular complexity index is 2110. The first-order chi connectivity index (χ1) is 16.5. The van der Waals surface area contributed by atoms with Crippen LogP contribution in [0, 0.1) is 27.7 Å². The van der Waals surface area contributed by atoms with E-state index in [4.69, 9.17) is 0 Å². The van der Waals surface area contributed by atoms with E-state index >= 15 is 0 Å². The summed E-state index contributed by atoms with van der Waals surface area (Å²) in [5.41, 5.74) is 5.56. The summed E-state index contributed by atoms with van der Waals surface area (Å²) in [7, 11) is 0. The first-order valence-electron chi connectivity index (χ1n) is 12.4. The summed E-state index contributed by atoms with van der Waals surface area (Å²) in [6.45, 7) is 9.21. The Morgan fingerprint density at radius 3 is 0.706 bits per heavy atom. The van der Waals surface area contributed by atoms with Gasteiger partial charge in [0.15, 0.2) is 0 Å². The summed E-state index contributed by atoms with van der Waals surface area (Å²) in [5, 5.41) is 26.5. The second kappa shape index (κ2) is 4.68. The number of fused-ring (bicyclic) bond motifs is 2. The molecule has 34 heavy (non-hydrogen) atoms. The van der Waals surface area contributed by atoms with E-state index in [1.165, 1.54) is 119 Å². The van der Waals surface area contributed by atoms with Crippen LogP contribution in [0.3, 0.4) is 0 Å². The summed E-state index contributed by atoms with van der Waals surface area (Å²) in [5.74, 6) is 0. The molecule has 0 fully saturated rings. The Morgan fingerprint density at radius 1 is 0.265 bits per heavy atom. The third-order valence-corrected chi connectivity index (χ3v) is 9.46. The zero-order valence-corrected chi connectivity index (χ0v) is 19.6. The first kappa shape index (κ1) is 16.7. The lowest BCUT2D eigenvalue weighted by Crippen LogP contribution is -1.87. The second-order valence-electron chi connectivity index (χ2n) is 11.0. The van der Waals surface area contributed by atoms with Crippen molar-refractivity contribution in [3.63, 3.8) is 0 Å². The van der Waals surface area contributed by atoms with Gasteiger partial charge in [0.1, 0.15) is 0 Å². The van der Waals surface area contributed by atoms with Crippen molar-refractivity contribution >= 4 is 97.0 Å². The van der Waals surface area contributed by atoms with Gasteiger partial charge in [-0.2, -0.15) is 0 Å². The molecule has 0 amide bonds. The molecule has 0 aliphatic rings. The fourth-order valence-corrected chi connectivity index (χ4v) is 8.20.